The van der Waals surface area contributed by atoms with E-state index in [0.29, 0.717) is 12.1 Å². The van der Waals surface area contributed by atoms with E-state index in [9.17, 15) is 14.7 Å². The average molecular weight is 368 g/mol. The molecule has 0 atom stereocenters. The summed E-state index contributed by atoms with van der Waals surface area (Å²) in [6, 6.07) is 7.72. The molecule has 3 N–H and O–H groups in total. The molecule has 1 heterocycles. The second-order valence-electron chi connectivity index (χ2n) is 4.44. The molecule has 0 aliphatic carbocycles. The Morgan fingerprint density at radius 3 is 2.64 bits per heavy atom. The van der Waals surface area contributed by atoms with Gasteiger partial charge < -0.3 is 15.5 Å². The van der Waals surface area contributed by atoms with E-state index in [1.165, 1.54) is 0 Å². The normalized spacial score (nSPS) is 10.5. The number of aliphatic hydroxyl groups excluding tert-OH is 1. The molecule has 2 rings (SSSR count). The van der Waals surface area contributed by atoms with Gasteiger partial charge in [0.15, 0.2) is 11.4 Å². The summed E-state index contributed by atoms with van der Waals surface area (Å²) < 4.78 is 1.87. The monoisotopic (exact) mass is 367 g/mol. The number of halogens is 1. The van der Waals surface area contributed by atoms with Gasteiger partial charge >= 0.3 is 0 Å². The first kappa shape index (κ1) is 16.2. The molecule has 1 amide bonds. The summed E-state index contributed by atoms with van der Waals surface area (Å²) in [5.41, 5.74) is -0.329. The van der Waals surface area contributed by atoms with Crippen LogP contribution in [0.1, 0.15) is 16.9 Å². The molecule has 1 aromatic carbocycles. The first-order chi connectivity index (χ1) is 10.5. The number of benzene rings is 1. The second kappa shape index (κ2) is 7.19. The molecule has 0 unspecified atom stereocenters. The van der Waals surface area contributed by atoms with E-state index < -0.39 is 17.2 Å². The van der Waals surface area contributed by atoms with Gasteiger partial charge in [-0.05, 0) is 30.7 Å². The maximum atomic E-state index is 12.0. The van der Waals surface area contributed by atoms with Crippen LogP contribution in [0.2, 0.25) is 0 Å². The molecule has 0 aliphatic heterocycles. The Bertz CT molecular complexity index is 728. The Labute approximate surface area is 134 Å². The van der Waals surface area contributed by atoms with Gasteiger partial charge in [0.05, 0.1) is 5.69 Å². The van der Waals surface area contributed by atoms with Gasteiger partial charge in [0.1, 0.15) is 0 Å². The van der Waals surface area contributed by atoms with Crippen molar-refractivity contribution in [1.82, 2.24) is 15.1 Å². The Balaban J connectivity index is 2.36. The van der Waals surface area contributed by atoms with Gasteiger partial charge in [0, 0.05) is 23.7 Å². The molecule has 0 aliphatic rings. The molecule has 22 heavy (non-hydrogen) atoms. The van der Waals surface area contributed by atoms with Crippen LogP contribution in [0.3, 0.4) is 0 Å². The third-order valence-electron chi connectivity index (χ3n) is 2.82. The van der Waals surface area contributed by atoms with Crippen molar-refractivity contribution in [2.75, 3.05) is 13.2 Å². The summed E-state index contributed by atoms with van der Waals surface area (Å²) in [5.74, 6) is -1.10. The molecule has 116 valence electrons. The fourth-order valence-corrected chi connectivity index (χ4v) is 2.00. The van der Waals surface area contributed by atoms with Gasteiger partial charge in [-0.2, -0.15) is 9.78 Å². The lowest BCUT2D eigenvalue weighted by Gasteiger charge is -2.09. The first-order valence-corrected chi connectivity index (χ1v) is 7.30. The Morgan fingerprint density at radius 1 is 1.32 bits per heavy atom. The predicted octanol–water partition coefficient (Wildman–Crippen LogP) is 0.813. The number of carbonyl (C=O) groups excluding carboxylic acids is 1. The van der Waals surface area contributed by atoms with Crippen LogP contribution in [0.15, 0.2) is 39.6 Å². The zero-order chi connectivity index (χ0) is 16.1. The van der Waals surface area contributed by atoms with Crippen molar-refractivity contribution in [3.8, 4) is 11.4 Å². The first-order valence-electron chi connectivity index (χ1n) is 6.51. The SMILES string of the molecule is O=C(NCCCO)c1nn(-c2ccc(Br)cc2)c(=O)cc1O. The summed E-state index contributed by atoms with van der Waals surface area (Å²) in [7, 11) is 0. The Morgan fingerprint density at radius 2 is 2.00 bits per heavy atom. The number of hydrogen-bond donors (Lipinski definition) is 3. The lowest BCUT2D eigenvalue weighted by atomic mass is 10.3. The van der Waals surface area contributed by atoms with Crippen LogP contribution < -0.4 is 10.9 Å². The zero-order valence-electron chi connectivity index (χ0n) is 11.5. The van der Waals surface area contributed by atoms with E-state index >= 15 is 0 Å². The molecule has 2 aromatic rings. The van der Waals surface area contributed by atoms with Gasteiger partial charge in [-0.15, -0.1) is 0 Å². The number of nitrogens with one attached hydrogen (secondary N) is 1. The van der Waals surface area contributed by atoms with Crippen molar-refractivity contribution in [1.29, 1.82) is 0 Å². The average Bonchev–Trinajstić information content (AvgIpc) is 2.48. The summed E-state index contributed by atoms with van der Waals surface area (Å²) in [5, 5.41) is 24.8. The van der Waals surface area contributed by atoms with Crippen molar-refractivity contribution >= 4 is 21.8 Å². The van der Waals surface area contributed by atoms with Crippen LogP contribution in [0, 0.1) is 0 Å². The van der Waals surface area contributed by atoms with Crippen molar-refractivity contribution in [3.63, 3.8) is 0 Å². The molecule has 8 heteroatoms. The van der Waals surface area contributed by atoms with Crippen molar-refractivity contribution < 1.29 is 15.0 Å². The Kier molecular flexibility index (Phi) is 5.29. The van der Waals surface area contributed by atoms with Gasteiger partial charge in [0.2, 0.25) is 0 Å². The number of aromatic nitrogens is 2. The minimum Gasteiger partial charge on any atom is -0.505 e. The lowest BCUT2D eigenvalue weighted by molar-refractivity contribution is 0.0941. The van der Waals surface area contributed by atoms with E-state index in [4.69, 9.17) is 5.11 Å². The number of aromatic hydroxyl groups is 1. The lowest BCUT2D eigenvalue weighted by Crippen LogP contribution is -2.30. The van der Waals surface area contributed by atoms with Crippen molar-refractivity contribution in [2.24, 2.45) is 0 Å². The summed E-state index contributed by atoms with van der Waals surface area (Å²) in [6.45, 7) is 0.186. The highest BCUT2D eigenvalue weighted by Crippen LogP contribution is 2.15. The molecule has 0 fully saturated rings. The standard InChI is InChI=1S/C14H14BrN3O4/c15-9-2-4-10(5-3-9)18-12(21)8-11(20)13(17-18)14(22)16-6-1-7-19/h2-5,8,19-20H,1,6-7H2,(H,16,22). The second-order valence-corrected chi connectivity index (χ2v) is 5.35. The van der Waals surface area contributed by atoms with Crippen LogP contribution in [0.4, 0.5) is 0 Å². The number of aliphatic hydroxyl groups is 1. The minimum atomic E-state index is -0.614. The quantitative estimate of drug-likeness (QED) is 0.678. The highest BCUT2D eigenvalue weighted by atomic mass is 79.9. The summed E-state index contributed by atoms with van der Waals surface area (Å²) in [4.78, 5) is 23.9. The third kappa shape index (κ3) is 3.71. The van der Waals surface area contributed by atoms with E-state index in [0.717, 1.165) is 15.2 Å². The maximum Gasteiger partial charge on any atom is 0.275 e. The highest BCUT2D eigenvalue weighted by molar-refractivity contribution is 9.10. The zero-order valence-corrected chi connectivity index (χ0v) is 13.1. The van der Waals surface area contributed by atoms with Crippen LogP contribution >= 0.6 is 15.9 Å². The van der Waals surface area contributed by atoms with Crippen molar-refractivity contribution in [2.45, 2.75) is 6.42 Å². The van der Waals surface area contributed by atoms with Gasteiger partial charge in [-0.1, -0.05) is 15.9 Å². The number of carbonyl (C=O) groups is 1. The van der Waals surface area contributed by atoms with E-state index in [2.05, 4.69) is 26.3 Å². The van der Waals surface area contributed by atoms with Crippen LogP contribution in [0.5, 0.6) is 5.75 Å². The molecule has 0 saturated carbocycles. The van der Waals surface area contributed by atoms with Crippen LogP contribution in [-0.4, -0.2) is 39.1 Å². The fraction of sp³-hybridized carbons (Fsp3) is 0.214. The third-order valence-corrected chi connectivity index (χ3v) is 3.35. The molecule has 7 nitrogen and oxygen atoms in total. The van der Waals surface area contributed by atoms with Gasteiger partial charge in [-0.3, -0.25) is 9.59 Å². The van der Waals surface area contributed by atoms with Gasteiger partial charge in [-0.25, -0.2) is 0 Å². The largest absolute Gasteiger partial charge is 0.505 e. The van der Waals surface area contributed by atoms with E-state index in [1.807, 2.05) is 0 Å². The predicted molar refractivity (Wildman–Crippen MR) is 83.2 cm³/mol. The molecule has 0 spiro atoms. The maximum absolute atomic E-state index is 12.0. The summed E-state index contributed by atoms with van der Waals surface area (Å²) >= 11 is 3.29. The highest BCUT2D eigenvalue weighted by Gasteiger charge is 2.16. The molecular formula is C14H14BrN3O4. The minimum absolute atomic E-state index is 0.0575. The molecule has 1 aromatic heterocycles. The molecule has 0 bridgehead atoms. The van der Waals surface area contributed by atoms with Gasteiger partial charge in [0.25, 0.3) is 11.5 Å². The van der Waals surface area contributed by atoms with E-state index in [-0.39, 0.29) is 18.8 Å². The van der Waals surface area contributed by atoms with Crippen molar-refractivity contribution in [3.05, 3.63) is 50.9 Å². The fourth-order valence-electron chi connectivity index (χ4n) is 1.74. The number of amides is 1. The number of hydrogen-bond acceptors (Lipinski definition) is 5. The smallest absolute Gasteiger partial charge is 0.275 e. The summed E-state index contributed by atoms with van der Waals surface area (Å²) in [6.07, 6.45) is 0.388. The van der Waals surface area contributed by atoms with E-state index in [1.54, 1.807) is 24.3 Å². The number of rotatable bonds is 5. The Hall–Kier alpha value is -2.19. The number of nitrogens with zero attached hydrogens (tertiary/aromatic N) is 2. The molecular weight excluding hydrogens is 354 g/mol. The molecule has 0 saturated heterocycles. The van der Waals surface area contributed by atoms with Crippen LogP contribution in [0.25, 0.3) is 5.69 Å². The topological polar surface area (TPSA) is 104 Å². The molecule has 0 radical (unpaired) electrons. The van der Waals surface area contributed by atoms with Crippen LogP contribution in [-0.2, 0) is 0 Å².